The molecule has 4 rings (SSSR count). The summed E-state index contributed by atoms with van der Waals surface area (Å²) in [5.74, 6) is 0.855. The molecule has 0 saturated heterocycles. The third kappa shape index (κ3) is 1.72. The average Bonchev–Trinajstić information content (AvgIpc) is 2.80. The van der Waals surface area contributed by atoms with Crippen LogP contribution in [0.4, 0.5) is 4.39 Å². The SMILES string of the molecule is CC1CCC2C3C[C@H](C)C4=CC(=O)C=C[C@]4(C)[C@@]3(F)C(O)C[C@]12C. The molecule has 4 aliphatic carbocycles. The quantitative estimate of drug-likeness (QED) is 0.720. The van der Waals surface area contributed by atoms with Crippen molar-refractivity contribution in [3.8, 4) is 0 Å². The average molecular weight is 332 g/mol. The van der Waals surface area contributed by atoms with Crippen LogP contribution in [0, 0.1) is 34.5 Å². The molecule has 0 aromatic rings. The van der Waals surface area contributed by atoms with Crippen LogP contribution >= 0.6 is 0 Å². The summed E-state index contributed by atoms with van der Waals surface area (Å²) in [4.78, 5) is 11.9. The molecule has 0 aromatic carbocycles. The molecule has 0 heterocycles. The van der Waals surface area contributed by atoms with E-state index in [0.29, 0.717) is 18.3 Å². The van der Waals surface area contributed by atoms with E-state index in [4.69, 9.17) is 0 Å². The zero-order valence-corrected chi connectivity index (χ0v) is 15.2. The fraction of sp³-hybridized carbons (Fsp3) is 0.762. The van der Waals surface area contributed by atoms with Gasteiger partial charge in [0, 0.05) is 11.3 Å². The van der Waals surface area contributed by atoms with Crippen LogP contribution in [-0.2, 0) is 4.79 Å². The third-order valence-corrected chi connectivity index (χ3v) is 8.44. The van der Waals surface area contributed by atoms with Crippen LogP contribution in [0.3, 0.4) is 0 Å². The van der Waals surface area contributed by atoms with Gasteiger partial charge in [-0.1, -0.05) is 32.4 Å². The molecule has 2 nitrogen and oxygen atoms in total. The first-order chi connectivity index (χ1) is 11.1. The molecule has 24 heavy (non-hydrogen) atoms. The van der Waals surface area contributed by atoms with Gasteiger partial charge >= 0.3 is 0 Å². The number of ketones is 1. The zero-order valence-electron chi connectivity index (χ0n) is 15.2. The highest BCUT2D eigenvalue weighted by Crippen LogP contribution is 2.69. The highest BCUT2D eigenvalue weighted by molar-refractivity contribution is 6.01. The first kappa shape index (κ1) is 16.5. The van der Waals surface area contributed by atoms with E-state index in [2.05, 4.69) is 20.8 Å². The van der Waals surface area contributed by atoms with Crippen molar-refractivity contribution in [2.45, 2.75) is 65.2 Å². The van der Waals surface area contributed by atoms with Crippen molar-refractivity contribution in [3.63, 3.8) is 0 Å². The molecular formula is C21H29FO2. The molecule has 0 amide bonds. The molecule has 3 saturated carbocycles. The Kier molecular flexibility index (Phi) is 3.31. The second kappa shape index (κ2) is 4.81. The fourth-order valence-corrected chi connectivity index (χ4v) is 6.85. The first-order valence-corrected chi connectivity index (χ1v) is 9.47. The van der Waals surface area contributed by atoms with Crippen LogP contribution in [0.15, 0.2) is 23.8 Å². The Morgan fingerprint density at radius 1 is 1.21 bits per heavy atom. The van der Waals surface area contributed by atoms with Crippen molar-refractivity contribution < 1.29 is 14.3 Å². The Hall–Kier alpha value is -0.960. The second-order valence-corrected chi connectivity index (χ2v) is 9.36. The van der Waals surface area contributed by atoms with E-state index in [1.807, 2.05) is 6.92 Å². The number of alkyl halides is 1. The molecule has 8 atom stereocenters. The molecular weight excluding hydrogens is 303 g/mol. The number of fused-ring (bicyclic) bond motifs is 5. The van der Waals surface area contributed by atoms with Crippen LogP contribution in [0.1, 0.15) is 53.4 Å². The zero-order chi connectivity index (χ0) is 17.5. The molecule has 0 bridgehead atoms. The Morgan fingerprint density at radius 3 is 2.62 bits per heavy atom. The number of hydrogen-bond acceptors (Lipinski definition) is 2. The Labute approximate surface area is 144 Å². The lowest BCUT2D eigenvalue weighted by atomic mass is 9.44. The Bertz CT molecular complexity index is 652. The van der Waals surface area contributed by atoms with Crippen molar-refractivity contribution >= 4 is 5.78 Å². The molecule has 3 fully saturated rings. The lowest BCUT2D eigenvalue weighted by Gasteiger charge is -2.63. The van der Waals surface area contributed by atoms with E-state index < -0.39 is 17.2 Å². The van der Waals surface area contributed by atoms with Gasteiger partial charge in [0.25, 0.3) is 0 Å². The van der Waals surface area contributed by atoms with Gasteiger partial charge in [0.05, 0.1) is 6.10 Å². The predicted molar refractivity (Wildman–Crippen MR) is 92.1 cm³/mol. The normalized spacial score (nSPS) is 56.3. The number of carbonyl (C=O) groups is 1. The van der Waals surface area contributed by atoms with Crippen molar-refractivity contribution in [1.29, 1.82) is 0 Å². The molecule has 1 N–H and O–H groups in total. The van der Waals surface area contributed by atoms with E-state index in [-0.39, 0.29) is 23.0 Å². The summed E-state index contributed by atoms with van der Waals surface area (Å²) in [5, 5.41) is 11.0. The van der Waals surface area contributed by atoms with E-state index in [0.717, 1.165) is 24.8 Å². The molecule has 132 valence electrons. The maximum absolute atomic E-state index is 16.7. The van der Waals surface area contributed by atoms with Crippen LogP contribution in [-0.4, -0.2) is 22.7 Å². The molecule has 0 aliphatic heterocycles. The number of carbonyl (C=O) groups excluding carboxylic acids is 1. The second-order valence-electron chi connectivity index (χ2n) is 9.36. The third-order valence-electron chi connectivity index (χ3n) is 8.44. The fourth-order valence-electron chi connectivity index (χ4n) is 6.85. The number of rotatable bonds is 0. The van der Waals surface area contributed by atoms with Crippen LogP contribution in [0.2, 0.25) is 0 Å². The number of aliphatic hydroxyl groups excluding tert-OH is 1. The highest BCUT2D eigenvalue weighted by Gasteiger charge is 2.70. The van der Waals surface area contributed by atoms with E-state index >= 15 is 4.39 Å². The number of hydrogen-bond donors (Lipinski definition) is 1. The van der Waals surface area contributed by atoms with Crippen molar-refractivity contribution in [1.82, 2.24) is 0 Å². The summed E-state index contributed by atoms with van der Waals surface area (Å²) in [6.45, 7) is 8.54. The van der Waals surface area contributed by atoms with E-state index in [1.165, 1.54) is 6.08 Å². The smallest absolute Gasteiger partial charge is 0.178 e. The molecule has 0 aromatic heterocycles. The lowest BCUT2D eigenvalue weighted by Crippen LogP contribution is -2.67. The van der Waals surface area contributed by atoms with Crippen molar-refractivity contribution in [2.24, 2.45) is 34.5 Å². The summed E-state index contributed by atoms with van der Waals surface area (Å²) in [5.41, 5.74) is -1.62. The summed E-state index contributed by atoms with van der Waals surface area (Å²) in [7, 11) is 0. The van der Waals surface area contributed by atoms with Gasteiger partial charge in [-0.3, -0.25) is 4.79 Å². The van der Waals surface area contributed by atoms with E-state index in [9.17, 15) is 9.90 Å². The maximum Gasteiger partial charge on any atom is 0.178 e. The minimum absolute atomic E-state index is 0.0329. The van der Waals surface area contributed by atoms with Gasteiger partial charge in [-0.15, -0.1) is 0 Å². The number of halogens is 1. The van der Waals surface area contributed by atoms with Gasteiger partial charge in [0.2, 0.25) is 0 Å². The number of aliphatic hydroxyl groups is 1. The predicted octanol–water partition coefficient (Wildman–Crippen LogP) is 4.24. The first-order valence-electron chi connectivity index (χ1n) is 9.47. The Morgan fingerprint density at radius 2 is 1.92 bits per heavy atom. The summed E-state index contributed by atoms with van der Waals surface area (Å²) < 4.78 is 16.7. The molecule has 3 heteroatoms. The Balaban J connectivity index is 1.86. The van der Waals surface area contributed by atoms with Crippen LogP contribution < -0.4 is 0 Å². The van der Waals surface area contributed by atoms with Gasteiger partial charge in [-0.25, -0.2) is 4.39 Å². The number of allylic oxidation sites excluding steroid dienone is 4. The minimum atomic E-state index is -1.67. The maximum atomic E-state index is 16.7. The van der Waals surface area contributed by atoms with E-state index in [1.54, 1.807) is 12.2 Å². The van der Waals surface area contributed by atoms with Gasteiger partial charge in [-0.05, 0) is 67.9 Å². The van der Waals surface area contributed by atoms with Gasteiger partial charge < -0.3 is 5.11 Å². The van der Waals surface area contributed by atoms with Gasteiger partial charge in [0.1, 0.15) is 0 Å². The van der Waals surface area contributed by atoms with Crippen molar-refractivity contribution in [3.05, 3.63) is 23.8 Å². The highest BCUT2D eigenvalue weighted by atomic mass is 19.1. The topological polar surface area (TPSA) is 37.3 Å². The summed E-state index contributed by atoms with van der Waals surface area (Å²) >= 11 is 0. The standard InChI is InChI=1S/C21H29FO2/c1-12-9-17-15-6-5-13(2)19(15,3)11-18(24)21(17,22)20(4)8-7-14(23)10-16(12)20/h7-8,10,12-13,15,17-18,24H,5-6,9,11H2,1-4H3/t12-,13?,15?,17?,18?,19+,20-,21-/m0/s1. The van der Waals surface area contributed by atoms with Gasteiger partial charge in [0.15, 0.2) is 11.5 Å². The largest absolute Gasteiger partial charge is 0.390 e. The van der Waals surface area contributed by atoms with Crippen molar-refractivity contribution in [2.75, 3.05) is 0 Å². The monoisotopic (exact) mass is 332 g/mol. The lowest BCUT2D eigenvalue weighted by molar-refractivity contribution is -0.199. The minimum Gasteiger partial charge on any atom is -0.390 e. The van der Waals surface area contributed by atoms with Gasteiger partial charge in [-0.2, -0.15) is 0 Å². The van der Waals surface area contributed by atoms with Crippen LogP contribution in [0.25, 0.3) is 0 Å². The molecule has 4 aliphatic rings. The molecule has 4 unspecified atom stereocenters. The molecule has 0 radical (unpaired) electrons. The summed E-state index contributed by atoms with van der Waals surface area (Å²) in [6.07, 6.45) is 7.36. The van der Waals surface area contributed by atoms with Crippen LogP contribution in [0.5, 0.6) is 0 Å². The summed E-state index contributed by atoms with van der Waals surface area (Å²) in [6, 6.07) is 0. The molecule has 0 spiro atoms.